The molecule has 0 amide bonds. The van der Waals surface area contributed by atoms with Gasteiger partial charge in [0, 0.05) is 30.5 Å². The van der Waals surface area contributed by atoms with E-state index in [1.54, 1.807) is 18.5 Å². The smallest absolute Gasteiger partial charge is 0.166 e. The summed E-state index contributed by atoms with van der Waals surface area (Å²) in [7, 11) is 0. The number of benzene rings is 1. The van der Waals surface area contributed by atoms with Gasteiger partial charge in [-0.25, -0.2) is 9.97 Å². The molecule has 1 heterocycles. The highest BCUT2D eigenvalue weighted by atomic mass is 16.5. The minimum atomic E-state index is 0.404. The average molecular weight is 255 g/mol. The van der Waals surface area contributed by atoms with Crippen molar-refractivity contribution in [2.45, 2.75) is 32.0 Å². The van der Waals surface area contributed by atoms with Gasteiger partial charge in [-0.2, -0.15) is 0 Å². The van der Waals surface area contributed by atoms with Crippen molar-refractivity contribution in [2.24, 2.45) is 0 Å². The second-order valence-electron chi connectivity index (χ2n) is 4.72. The van der Waals surface area contributed by atoms with Crippen LogP contribution in [0.3, 0.4) is 0 Å². The van der Waals surface area contributed by atoms with Gasteiger partial charge in [0.1, 0.15) is 12.4 Å². The van der Waals surface area contributed by atoms with E-state index >= 15 is 0 Å². The van der Waals surface area contributed by atoms with Crippen molar-refractivity contribution in [3.63, 3.8) is 0 Å². The summed E-state index contributed by atoms with van der Waals surface area (Å²) in [6.07, 6.45) is 6.04. The fourth-order valence-corrected chi connectivity index (χ4v) is 1.88. The maximum atomic E-state index is 5.81. The van der Waals surface area contributed by atoms with Gasteiger partial charge in [-0.15, -0.1) is 0 Å². The summed E-state index contributed by atoms with van der Waals surface area (Å²) in [5.41, 5.74) is 1.19. The van der Waals surface area contributed by atoms with Gasteiger partial charge in [0.05, 0.1) is 0 Å². The minimum Gasteiger partial charge on any atom is -0.485 e. The Bertz CT molecular complexity index is 526. The van der Waals surface area contributed by atoms with Crippen LogP contribution in [-0.4, -0.2) is 16.0 Å². The highest BCUT2D eigenvalue weighted by Crippen LogP contribution is 2.22. The molecule has 0 atom stereocenters. The van der Waals surface area contributed by atoms with E-state index in [0.29, 0.717) is 18.5 Å². The Morgan fingerprint density at radius 2 is 1.89 bits per heavy atom. The van der Waals surface area contributed by atoms with Gasteiger partial charge in [0.15, 0.2) is 5.82 Å². The molecule has 0 saturated heterocycles. The zero-order valence-corrected chi connectivity index (χ0v) is 10.7. The topological polar surface area (TPSA) is 47.0 Å². The molecule has 98 valence electrons. The Labute approximate surface area is 112 Å². The predicted molar refractivity (Wildman–Crippen MR) is 72.7 cm³/mol. The summed E-state index contributed by atoms with van der Waals surface area (Å²) in [6, 6.07) is 10.6. The van der Waals surface area contributed by atoms with Crippen molar-refractivity contribution >= 4 is 0 Å². The summed E-state index contributed by atoms with van der Waals surface area (Å²) >= 11 is 0. The number of hydrogen-bond acceptors (Lipinski definition) is 4. The minimum absolute atomic E-state index is 0.404. The molecule has 3 rings (SSSR count). The van der Waals surface area contributed by atoms with Crippen LogP contribution in [-0.2, 0) is 13.2 Å². The van der Waals surface area contributed by atoms with Crippen LogP contribution in [0.25, 0.3) is 0 Å². The largest absolute Gasteiger partial charge is 0.485 e. The maximum absolute atomic E-state index is 5.81. The quantitative estimate of drug-likeness (QED) is 0.860. The second-order valence-corrected chi connectivity index (χ2v) is 4.72. The van der Waals surface area contributed by atoms with Crippen molar-refractivity contribution in [1.29, 1.82) is 0 Å². The van der Waals surface area contributed by atoms with Gasteiger partial charge in [-0.1, -0.05) is 18.2 Å². The first-order chi connectivity index (χ1) is 9.42. The Balaban J connectivity index is 1.62. The standard InChI is InChI=1S/C15H17N3O/c1-2-5-14(12(4-1)10-18-13-6-7-13)19-11-15-16-8-3-9-17-15/h1-5,8-9,13,18H,6-7,10-11H2. The lowest BCUT2D eigenvalue weighted by Crippen LogP contribution is -2.16. The number of rotatable bonds is 6. The summed E-state index contributed by atoms with van der Waals surface area (Å²) in [4.78, 5) is 8.31. The Morgan fingerprint density at radius 1 is 1.11 bits per heavy atom. The zero-order chi connectivity index (χ0) is 12.9. The summed E-state index contributed by atoms with van der Waals surface area (Å²) in [5, 5.41) is 3.50. The molecule has 0 aliphatic heterocycles. The molecule has 19 heavy (non-hydrogen) atoms. The Morgan fingerprint density at radius 3 is 2.68 bits per heavy atom. The molecule has 0 bridgehead atoms. The molecule has 0 unspecified atom stereocenters. The third-order valence-electron chi connectivity index (χ3n) is 3.11. The lowest BCUT2D eigenvalue weighted by molar-refractivity contribution is 0.292. The van der Waals surface area contributed by atoms with Crippen molar-refractivity contribution in [3.8, 4) is 5.75 Å². The highest BCUT2D eigenvalue weighted by molar-refractivity contribution is 5.33. The van der Waals surface area contributed by atoms with E-state index in [2.05, 4.69) is 21.4 Å². The SMILES string of the molecule is c1cnc(COc2ccccc2CNC2CC2)nc1. The molecule has 1 saturated carbocycles. The molecule has 1 aliphatic carbocycles. The van der Waals surface area contributed by atoms with Crippen LogP contribution < -0.4 is 10.1 Å². The Kier molecular flexibility index (Phi) is 3.70. The fraction of sp³-hybridized carbons (Fsp3) is 0.333. The lowest BCUT2D eigenvalue weighted by atomic mass is 10.2. The van der Waals surface area contributed by atoms with E-state index in [-0.39, 0.29) is 0 Å². The van der Waals surface area contributed by atoms with Crippen LogP contribution in [0, 0.1) is 0 Å². The molecule has 4 heteroatoms. The molecule has 1 aromatic carbocycles. The highest BCUT2D eigenvalue weighted by Gasteiger charge is 2.20. The predicted octanol–water partition coefficient (Wildman–Crippen LogP) is 2.31. The van der Waals surface area contributed by atoms with Crippen LogP contribution in [0.2, 0.25) is 0 Å². The maximum Gasteiger partial charge on any atom is 0.166 e. The number of ether oxygens (including phenoxy) is 1. The van der Waals surface area contributed by atoms with Gasteiger partial charge in [0.25, 0.3) is 0 Å². The van der Waals surface area contributed by atoms with Crippen molar-refractivity contribution in [1.82, 2.24) is 15.3 Å². The van der Waals surface area contributed by atoms with E-state index < -0.39 is 0 Å². The van der Waals surface area contributed by atoms with Crippen LogP contribution in [0.1, 0.15) is 24.2 Å². The molecule has 0 spiro atoms. The number of nitrogens with zero attached hydrogens (tertiary/aromatic N) is 2. The van der Waals surface area contributed by atoms with Crippen molar-refractivity contribution in [3.05, 3.63) is 54.1 Å². The summed E-state index contributed by atoms with van der Waals surface area (Å²) in [6.45, 7) is 1.26. The molecule has 1 aliphatic rings. The van der Waals surface area contributed by atoms with Crippen LogP contribution in [0.4, 0.5) is 0 Å². The molecular weight excluding hydrogens is 238 g/mol. The molecule has 4 nitrogen and oxygen atoms in total. The number of para-hydroxylation sites is 1. The summed E-state index contributed by atoms with van der Waals surface area (Å²) < 4.78 is 5.81. The normalized spacial score (nSPS) is 14.3. The number of aromatic nitrogens is 2. The molecular formula is C15H17N3O. The molecule has 0 radical (unpaired) electrons. The molecule has 1 aromatic heterocycles. The average Bonchev–Trinajstić information content (AvgIpc) is 3.29. The van der Waals surface area contributed by atoms with Gasteiger partial charge < -0.3 is 10.1 Å². The summed E-state index contributed by atoms with van der Waals surface area (Å²) in [5.74, 6) is 1.61. The van der Waals surface area contributed by atoms with Crippen LogP contribution >= 0.6 is 0 Å². The zero-order valence-electron chi connectivity index (χ0n) is 10.7. The first kappa shape index (κ1) is 12.1. The fourth-order valence-electron chi connectivity index (χ4n) is 1.88. The van der Waals surface area contributed by atoms with Crippen molar-refractivity contribution < 1.29 is 4.74 Å². The third-order valence-corrected chi connectivity index (χ3v) is 3.11. The van der Waals surface area contributed by atoms with E-state index in [0.717, 1.165) is 12.3 Å². The van der Waals surface area contributed by atoms with E-state index in [1.165, 1.54) is 18.4 Å². The van der Waals surface area contributed by atoms with E-state index in [1.807, 2.05) is 18.2 Å². The van der Waals surface area contributed by atoms with Gasteiger partial charge in [-0.05, 0) is 25.0 Å². The van der Waals surface area contributed by atoms with E-state index in [9.17, 15) is 0 Å². The number of hydrogen-bond donors (Lipinski definition) is 1. The molecule has 1 N–H and O–H groups in total. The molecule has 1 fully saturated rings. The Hall–Kier alpha value is -1.94. The number of nitrogens with one attached hydrogen (secondary N) is 1. The van der Waals surface area contributed by atoms with E-state index in [4.69, 9.17) is 4.74 Å². The van der Waals surface area contributed by atoms with Gasteiger partial charge in [-0.3, -0.25) is 0 Å². The molecule has 2 aromatic rings. The first-order valence-electron chi connectivity index (χ1n) is 6.62. The second kappa shape index (κ2) is 5.80. The lowest BCUT2D eigenvalue weighted by Gasteiger charge is -2.11. The van der Waals surface area contributed by atoms with Gasteiger partial charge >= 0.3 is 0 Å². The van der Waals surface area contributed by atoms with Gasteiger partial charge in [0.2, 0.25) is 0 Å². The third kappa shape index (κ3) is 3.51. The van der Waals surface area contributed by atoms with Crippen LogP contribution in [0.5, 0.6) is 5.75 Å². The van der Waals surface area contributed by atoms with Crippen molar-refractivity contribution in [2.75, 3.05) is 0 Å². The first-order valence-corrected chi connectivity index (χ1v) is 6.62. The van der Waals surface area contributed by atoms with Crippen LogP contribution in [0.15, 0.2) is 42.7 Å². The monoisotopic (exact) mass is 255 g/mol.